The van der Waals surface area contributed by atoms with Gasteiger partial charge in [0.25, 0.3) is 0 Å². The van der Waals surface area contributed by atoms with Crippen molar-refractivity contribution in [3.05, 3.63) is 60.8 Å². The third-order valence-corrected chi connectivity index (χ3v) is 14.0. The molecule has 0 radical (unpaired) electrons. The van der Waals surface area contributed by atoms with Gasteiger partial charge in [-0.2, -0.15) is 0 Å². The van der Waals surface area contributed by atoms with Crippen LogP contribution in [0.3, 0.4) is 0 Å². The van der Waals surface area contributed by atoms with Gasteiger partial charge < -0.3 is 14.2 Å². The van der Waals surface area contributed by atoms with Gasteiger partial charge in [-0.1, -0.05) is 281 Å². The van der Waals surface area contributed by atoms with E-state index in [9.17, 15) is 14.4 Å². The Balaban J connectivity index is 4.04. The molecule has 0 aliphatic carbocycles. The zero-order chi connectivity index (χ0) is 52.9. The maximum atomic E-state index is 12.8. The van der Waals surface area contributed by atoms with Gasteiger partial charge in [0.15, 0.2) is 6.10 Å². The van der Waals surface area contributed by atoms with Gasteiger partial charge in [-0.05, 0) is 89.9 Å². The zero-order valence-electron chi connectivity index (χ0n) is 48.7. The number of ether oxygens (including phenoxy) is 3. The third-order valence-electron chi connectivity index (χ3n) is 14.0. The van der Waals surface area contributed by atoms with E-state index in [0.717, 1.165) is 83.5 Å². The van der Waals surface area contributed by atoms with E-state index in [2.05, 4.69) is 81.5 Å². The van der Waals surface area contributed by atoms with Gasteiger partial charge in [0.05, 0.1) is 0 Å². The Morgan fingerprint density at radius 1 is 0.274 bits per heavy atom. The molecule has 0 bridgehead atoms. The summed E-state index contributed by atoms with van der Waals surface area (Å²) in [5, 5.41) is 0. The van der Waals surface area contributed by atoms with Crippen LogP contribution in [0.5, 0.6) is 0 Å². The van der Waals surface area contributed by atoms with Crippen molar-refractivity contribution < 1.29 is 28.6 Å². The molecule has 0 aliphatic heterocycles. The average Bonchev–Trinajstić information content (AvgIpc) is 3.39. The molecule has 0 rings (SSSR count). The Labute approximate surface area is 453 Å². The molecule has 0 saturated carbocycles. The Kier molecular flexibility index (Phi) is 59.2. The zero-order valence-corrected chi connectivity index (χ0v) is 48.7. The van der Waals surface area contributed by atoms with Gasteiger partial charge in [-0.3, -0.25) is 14.4 Å². The highest BCUT2D eigenvalue weighted by molar-refractivity contribution is 5.71. The fraction of sp³-hybridized carbons (Fsp3) is 0.806. The predicted molar refractivity (Wildman–Crippen MR) is 316 cm³/mol. The summed E-state index contributed by atoms with van der Waals surface area (Å²) < 4.78 is 16.8. The van der Waals surface area contributed by atoms with Crippen molar-refractivity contribution in [3.63, 3.8) is 0 Å². The first-order valence-corrected chi connectivity index (χ1v) is 31.8. The van der Waals surface area contributed by atoms with Crippen LogP contribution >= 0.6 is 0 Å². The molecule has 6 heteroatoms. The monoisotopic (exact) mass is 1020 g/mol. The lowest BCUT2D eigenvalue weighted by atomic mass is 10.0. The molecule has 0 aromatic heterocycles. The van der Waals surface area contributed by atoms with Crippen molar-refractivity contribution in [1.82, 2.24) is 0 Å². The van der Waals surface area contributed by atoms with Crippen LogP contribution in [0.2, 0.25) is 0 Å². The maximum absolute atomic E-state index is 12.8. The standard InChI is InChI=1S/C67H120O6/c1-4-7-10-13-15-17-19-21-23-25-27-29-31-33-35-37-39-41-43-45-47-49-51-54-57-60-66(69)72-63-64(62-71-65(68)59-56-53-12-9-6-3)73-67(70)61-58-55-52-50-48-46-44-42-40-38-36-34-32-30-28-26-24-22-20-18-16-14-11-8-5-2/h19-22,25-28,31,33,64H,4-18,23-24,29-30,32,34-63H2,1-3H3/b21-19-,22-20-,27-25-,28-26-,33-31-. The van der Waals surface area contributed by atoms with E-state index in [4.69, 9.17) is 14.2 Å². The number of hydrogen-bond acceptors (Lipinski definition) is 6. The van der Waals surface area contributed by atoms with Gasteiger partial charge in [0.1, 0.15) is 13.2 Å². The summed E-state index contributed by atoms with van der Waals surface area (Å²) >= 11 is 0. The summed E-state index contributed by atoms with van der Waals surface area (Å²) in [5.41, 5.74) is 0. The Morgan fingerprint density at radius 3 is 0.767 bits per heavy atom. The van der Waals surface area contributed by atoms with Crippen LogP contribution in [-0.2, 0) is 28.6 Å². The molecular formula is C67H120O6. The number of carbonyl (C=O) groups is 3. The topological polar surface area (TPSA) is 78.9 Å². The number of carbonyl (C=O) groups excluding carboxylic acids is 3. The molecule has 0 spiro atoms. The lowest BCUT2D eigenvalue weighted by Gasteiger charge is -2.18. The first-order chi connectivity index (χ1) is 36.0. The lowest BCUT2D eigenvalue weighted by Crippen LogP contribution is -2.30. The summed E-state index contributed by atoms with van der Waals surface area (Å²) in [4.78, 5) is 37.9. The van der Waals surface area contributed by atoms with E-state index in [0.29, 0.717) is 19.3 Å². The quantitative estimate of drug-likeness (QED) is 0.0261. The van der Waals surface area contributed by atoms with E-state index >= 15 is 0 Å². The van der Waals surface area contributed by atoms with Crippen molar-refractivity contribution >= 4 is 17.9 Å². The molecule has 424 valence electrons. The Morgan fingerprint density at radius 2 is 0.493 bits per heavy atom. The molecule has 0 aromatic carbocycles. The predicted octanol–water partition coefficient (Wildman–Crippen LogP) is 21.6. The second kappa shape index (κ2) is 61.7. The number of rotatable bonds is 58. The number of unbranched alkanes of at least 4 members (excludes halogenated alkanes) is 37. The van der Waals surface area contributed by atoms with Crippen molar-refractivity contribution in [2.24, 2.45) is 0 Å². The average molecular weight is 1020 g/mol. The molecule has 1 atom stereocenters. The van der Waals surface area contributed by atoms with Crippen LogP contribution in [0.4, 0.5) is 0 Å². The minimum atomic E-state index is -0.772. The summed E-state index contributed by atoms with van der Waals surface area (Å²) in [7, 11) is 0. The molecule has 0 saturated heterocycles. The van der Waals surface area contributed by atoms with E-state index in [1.54, 1.807) is 0 Å². The van der Waals surface area contributed by atoms with Crippen LogP contribution in [0.15, 0.2) is 60.8 Å². The van der Waals surface area contributed by atoms with Gasteiger partial charge in [0.2, 0.25) is 0 Å². The highest BCUT2D eigenvalue weighted by atomic mass is 16.6. The maximum Gasteiger partial charge on any atom is 0.306 e. The SMILES string of the molecule is CCCCCCC/C=C\C/C=C\C/C=C\CCCCCCCCCCCCC(=O)OCC(COC(=O)CCCCCCC)OC(=O)CCCCCCCCCCCCCCC/C=C\C/C=C\CCCCCCC. The molecule has 6 nitrogen and oxygen atoms in total. The first kappa shape index (κ1) is 70.1. The van der Waals surface area contributed by atoms with Crippen molar-refractivity contribution in [2.45, 2.75) is 335 Å². The molecule has 0 aliphatic rings. The normalized spacial score (nSPS) is 12.4. The van der Waals surface area contributed by atoms with E-state index in [1.807, 2.05) is 0 Å². The molecule has 0 heterocycles. The number of esters is 3. The van der Waals surface area contributed by atoms with Gasteiger partial charge >= 0.3 is 17.9 Å². The summed E-state index contributed by atoms with van der Waals surface area (Å²) in [6.45, 7) is 6.57. The van der Waals surface area contributed by atoms with E-state index in [-0.39, 0.29) is 31.1 Å². The highest BCUT2D eigenvalue weighted by Gasteiger charge is 2.19. The molecular weight excluding hydrogens is 901 g/mol. The fourth-order valence-electron chi connectivity index (χ4n) is 9.19. The minimum absolute atomic E-state index is 0.0747. The van der Waals surface area contributed by atoms with Gasteiger partial charge in [0, 0.05) is 19.3 Å². The molecule has 0 amide bonds. The van der Waals surface area contributed by atoms with Crippen molar-refractivity contribution in [3.8, 4) is 0 Å². The minimum Gasteiger partial charge on any atom is -0.462 e. The Hall–Kier alpha value is -2.89. The van der Waals surface area contributed by atoms with Gasteiger partial charge in [-0.15, -0.1) is 0 Å². The largest absolute Gasteiger partial charge is 0.462 e. The number of hydrogen-bond donors (Lipinski definition) is 0. The van der Waals surface area contributed by atoms with Crippen LogP contribution < -0.4 is 0 Å². The van der Waals surface area contributed by atoms with E-state index in [1.165, 1.54) is 205 Å². The van der Waals surface area contributed by atoms with Crippen molar-refractivity contribution in [1.29, 1.82) is 0 Å². The highest BCUT2D eigenvalue weighted by Crippen LogP contribution is 2.17. The first-order valence-electron chi connectivity index (χ1n) is 31.8. The second-order valence-corrected chi connectivity index (χ2v) is 21.3. The second-order valence-electron chi connectivity index (χ2n) is 21.3. The Bertz CT molecular complexity index is 1310. The molecule has 1 unspecified atom stereocenters. The fourth-order valence-corrected chi connectivity index (χ4v) is 9.19. The molecule has 0 aromatic rings. The smallest absolute Gasteiger partial charge is 0.306 e. The summed E-state index contributed by atoms with van der Waals surface area (Å²) in [6, 6.07) is 0. The summed E-state index contributed by atoms with van der Waals surface area (Å²) in [5.74, 6) is -0.879. The summed E-state index contributed by atoms with van der Waals surface area (Å²) in [6.07, 6.45) is 78.5. The molecule has 0 N–H and O–H groups in total. The van der Waals surface area contributed by atoms with Crippen LogP contribution in [0, 0.1) is 0 Å². The van der Waals surface area contributed by atoms with Crippen LogP contribution in [0.1, 0.15) is 329 Å². The molecule has 0 fully saturated rings. The van der Waals surface area contributed by atoms with Crippen molar-refractivity contribution in [2.75, 3.05) is 13.2 Å². The van der Waals surface area contributed by atoms with Crippen LogP contribution in [0.25, 0.3) is 0 Å². The number of allylic oxidation sites excluding steroid dienone is 10. The van der Waals surface area contributed by atoms with Gasteiger partial charge in [-0.25, -0.2) is 0 Å². The van der Waals surface area contributed by atoms with Crippen LogP contribution in [-0.4, -0.2) is 37.2 Å². The lowest BCUT2D eigenvalue weighted by molar-refractivity contribution is -0.167. The third kappa shape index (κ3) is 59.9. The van der Waals surface area contributed by atoms with E-state index < -0.39 is 6.10 Å². The molecule has 73 heavy (non-hydrogen) atoms.